The molecule has 1 aliphatic rings. The molecule has 4 heteroatoms. The molecule has 106 valence electrons. The van der Waals surface area contributed by atoms with E-state index in [1.807, 2.05) is 13.0 Å². The summed E-state index contributed by atoms with van der Waals surface area (Å²) in [4.78, 5) is 4.72. The maximum absolute atomic E-state index is 13.1. The lowest BCUT2D eigenvalue weighted by Gasteiger charge is -2.22. The molecule has 0 aliphatic carbocycles. The molecule has 19 heavy (non-hydrogen) atoms. The second-order valence-electron chi connectivity index (χ2n) is 5.27. The maximum Gasteiger partial charge on any atom is 0.123 e. The van der Waals surface area contributed by atoms with E-state index in [4.69, 9.17) is 5.11 Å². The molecule has 1 heterocycles. The maximum atomic E-state index is 13.1. The Kier molecular flexibility index (Phi) is 5.31. The Morgan fingerprint density at radius 3 is 2.63 bits per heavy atom. The smallest absolute Gasteiger partial charge is 0.123 e. The highest BCUT2D eigenvalue weighted by Gasteiger charge is 2.15. The van der Waals surface area contributed by atoms with E-state index in [1.54, 1.807) is 6.07 Å². The van der Waals surface area contributed by atoms with Crippen molar-refractivity contribution in [2.24, 2.45) is 0 Å². The van der Waals surface area contributed by atoms with Crippen LogP contribution in [0.1, 0.15) is 17.5 Å². The molecule has 0 amide bonds. The number of hydrogen-bond acceptors (Lipinski definition) is 3. The molecule has 0 saturated carbocycles. The van der Waals surface area contributed by atoms with Crippen LogP contribution < -0.4 is 0 Å². The Morgan fingerprint density at radius 1 is 1.16 bits per heavy atom. The first-order valence-corrected chi connectivity index (χ1v) is 6.99. The van der Waals surface area contributed by atoms with E-state index in [0.29, 0.717) is 0 Å². The van der Waals surface area contributed by atoms with Gasteiger partial charge in [0.2, 0.25) is 0 Å². The third-order valence-electron chi connectivity index (χ3n) is 3.80. The van der Waals surface area contributed by atoms with Crippen molar-refractivity contribution in [3.05, 3.63) is 35.1 Å². The largest absolute Gasteiger partial charge is 0.395 e. The highest BCUT2D eigenvalue weighted by molar-refractivity contribution is 5.26. The lowest BCUT2D eigenvalue weighted by atomic mass is 10.1. The number of aliphatic hydroxyl groups is 1. The van der Waals surface area contributed by atoms with Crippen molar-refractivity contribution in [1.82, 2.24) is 9.80 Å². The van der Waals surface area contributed by atoms with Crippen molar-refractivity contribution in [3.63, 3.8) is 0 Å². The lowest BCUT2D eigenvalue weighted by molar-refractivity contribution is 0.196. The van der Waals surface area contributed by atoms with Crippen LogP contribution in [-0.4, -0.2) is 54.2 Å². The Bertz CT molecular complexity index is 411. The summed E-state index contributed by atoms with van der Waals surface area (Å²) in [5, 5.41) is 8.98. The number of β-amino-alcohol motifs (C(OH)–C–C–N with tert-alkyl or cyclic N) is 1. The standard InChI is InChI=1S/C15H23FN2O/c1-13-11-15(16)4-3-14(13)12-18-6-2-5-17(7-8-18)9-10-19/h3-4,11,19H,2,5-10,12H2,1H3. The van der Waals surface area contributed by atoms with Gasteiger partial charge in [0, 0.05) is 26.2 Å². The van der Waals surface area contributed by atoms with E-state index in [0.717, 1.165) is 51.3 Å². The van der Waals surface area contributed by atoms with E-state index in [2.05, 4.69) is 9.80 Å². The predicted molar refractivity (Wildman–Crippen MR) is 74.6 cm³/mol. The number of hydrogen-bond donors (Lipinski definition) is 1. The molecule has 1 N–H and O–H groups in total. The van der Waals surface area contributed by atoms with Gasteiger partial charge in [-0.25, -0.2) is 4.39 Å². The van der Waals surface area contributed by atoms with Crippen molar-refractivity contribution in [3.8, 4) is 0 Å². The van der Waals surface area contributed by atoms with Gasteiger partial charge < -0.3 is 5.11 Å². The van der Waals surface area contributed by atoms with Crippen LogP contribution in [0.2, 0.25) is 0 Å². The summed E-state index contributed by atoms with van der Waals surface area (Å²) in [6.45, 7) is 7.99. The van der Waals surface area contributed by atoms with Gasteiger partial charge in [0.25, 0.3) is 0 Å². The highest BCUT2D eigenvalue weighted by Crippen LogP contribution is 2.14. The second-order valence-corrected chi connectivity index (χ2v) is 5.27. The van der Waals surface area contributed by atoms with Gasteiger partial charge >= 0.3 is 0 Å². The van der Waals surface area contributed by atoms with Crippen LogP contribution in [0.15, 0.2) is 18.2 Å². The fraction of sp³-hybridized carbons (Fsp3) is 0.600. The third kappa shape index (κ3) is 4.27. The summed E-state index contributed by atoms with van der Waals surface area (Å²) in [5.74, 6) is -0.161. The fourth-order valence-electron chi connectivity index (χ4n) is 2.63. The molecule has 0 spiro atoms. The van der Waals surface area contributed by atoms with Crippen molar-refractivity contribution >= 4 is 0 Å². The summed E-state index contributed by atoms with van der Waals surface area (Å²) >= 11 is 0. The Labute approximate surface area is 114 Å². The minimum Gasteiger partial charge on any atom is -0.395 e. The molecule has 0 bridgehead atoms. The molecular formula is C15H23FN2O. The van der Waals surface area contributed by atoms with Gasteiger partial charge in [-0.3, -0.25) is 9.80 Å². The Morgan fingerprint density at radius 2 is 1.89 bits per heavy atom. The van der Waals surface area contributed by atoms with Crippen molar-refractivity contribution in [2.75, 3.05) is 39.3 Å². The molecular weight excluding hydrogens is 243 g/mol. The average Bonchev–Trinajstić information content (AvgIpc) is 2.59. The summed E-state index contributed by atoms with van der Waals surface area (Å²) < 4.78 is 13.1. The van der Waals surface area contributed by atoms with Crippen LogP contribution in [0.3, 0.4) is 0 Å². The SMILES string of the molecule is Cc1cc(F)ccc1CN1CCCN(CCO)CC1. The van der Waals surface area contributed by atoms with Crippen molar-refractivity contribution in [2.45, 2.75) is 19.9 Å². The van der Waals surface area contributed by atoms with E-state index in [9.17, 15) is 4.39 Å². The number of nitrogens with zero attached hydrogens (tertiary/aromatic N) is 2. The molecule has 3 nitrogen and oxygen atoms in total. The van der Waals surface area contributed by atoms with Crippen molar-refractivity contribution in [1.29, 1.82) is 0 Å². The van der Waals surface area contributed by atoms with Crippen molar-refractivity contribution < 1.29 is 9.50 Å². The highest BCUT2D eigenvalue weighted by atomic mass is 19.1. The normalized spacial score (nSPS) is 18.5. The van der Waals surface area contributed by atoms with Gasteiger partial charge in [0.1, 0.15) is 5.82 Å². The molecule has 0 atom stereocenters. The molecule has 0 aromatic heterocycles. The summed E-state index contributed by atoms with van der Waals surface area (Å²) in [6.07, 6.45) is 1.13. The summed E-state index contributed by atoms with van der Waals surface area (Å²) in [5.41, 5.74) is 2.23. The topological polar surface area (TPSA) is 26.7 Å². The fourth-order valence-corrected chi connectivity index (χ4v) is 2.63. The zero-order valence-electron chi connectivity index (χ0n) is 11.6. The van der Waals surface area contributed by atoms with Crippen LogP contribution in [0, 0.1) is 12.7 Å². The van der Waals surface area contributed by atoms with Crippen LogP contribution >= 0.6 is 0 Å². The van der Waals surface area contributed by atoms with Crippen LogP contribution in [0.4, 0.5) is 4.39 Å². The van der Waals surface area contributed by atoms with Gasteiger partial charge in [0.05, 0.1) is 6.61 Å². The predicted octanol–water partition coefficient (Wildman–Crippen LogP) is 1.63. The zero-order valence-corrected chi connectivity index (χ0v) is 11.6. The van der Waals surface area contributed by atoms with Gasteiger partial charge in [-0.1, -0.05) is 6.07 Å². The van der Waals surface area contributed by atoms with Gasteiger partial charge in [-0.15, -0.1) is 0 Å². The third-order valence-corrected chi connectivity index (χ3v) is 3.80. The first-order chi connectivity index (χ1) is 9.19. The first-order valence-electron chi connectivity index (χ1n) is 6.99. The molecule has 2 rings (SSSR count). The van der Waals surface area contributed by atoms with Gasteiger partial charge in [0.15, 0.2) is 0 Å². The second kappa shape index (κ2) is 6.98. The number of aliphatic hydroxyl groups excluding tert-OH is 1. The minimum absolute atomic E-state index is 0.161. The number of rotatable bonds is 4. The van der Waals surface area contributed by atoms with Crippen LogP contribution in [0.25, 0.3) is 0 Å². The van der Waals surface area contributed by atoms with E-state index in [-0.39, 0.29) is 12.4 Å². The van der Waals surface area contributed by atoms with Crippen LogP contribution in [-0.2, 0) is 6.54 Å². The van der Waals surface area contributed by atoms with E-state index < -0.39 is 0 Å². The Balaban J connectivity index is 1.92. The molecule has 1 saturated heterocycles. The monoisotopic (exact) mass is 266 g/mol. The zero-order chi connectivity index (χ0) is 13.7. The minimum atomic E-state index is -0.161. The molecule has 0 unspecified atom stereocenters. The molecule has 1 aromatic rings. The first kappa shape index (κ1) is 14.4. The van der Waals surface area contributed by atoms with Crippen LogP contribution in [0.5, 0.6) is 0 Å². The average molecular weight is 266 g/mol. The lowest BCUT2D eigenvalue weighted by Crippen LogP contribution is -2.32. The number of halogens is 1. The van der Waals surface area contributed by atoms with Gasteiger partial charge in [-0.05, 0) is 49.7 Å². The molecule has 1 fully saturated rings. The molecule has 1 aromatic carbocycles. The van der Waals surface area contributed by atoms with E-state index in [1.165, 1.54) is 11.6 Å². The summed E-state index contributed by atoms with van der Waals surface area (Å²) in [6, 6.07) is 5.03. The number of aryl methyl sites for hydroxylation is 1. The quantitative estimate of drug-likeness (QED) is 0.897. The Hall–Kier alpha value is -0.970. The molecule has 0 radical (unpaired) electrons. The van der Waals surface area contributed by atoms with E-state index >= 15 is 0 Å². The molecule has 1 aliphatic heterocycles. The van der Waals surface area contributed by atoms with Gasteiger partial charge in [-0.2, -0.15) is 0 Å². The summed E-state index contributed by atoms with van der Waals surface area (Å²) in [7, 11) is 0. The number of benzene rings is 1.